The third kappa shape index (κ3) is 4.29. The Morgan fingerprint density at radius 2 is 1.57 bits per heavy atom. The third-order valence-electron chi connectivity index (χ3n) is 4.58. The lowest BCUT2D eigenvalue weighted by Gasteiger charge is -2.43. The highest BCUT2D eigenvalue weighted by Gasteiger charge is 2.48. The number of ether oxygens (including phenoxy) is 2. The van der Waals surface area contributed by atoms with Crippen LogP contribution in [-0.4, -0.2) is 30.6 Å². The zero-order valence-corrected chi connectivity index (χ0v) is 14.2. The topological polar surface area (TPSA) is 52.6 Å². The molecule has 4 nitrogen and oxygen atoms in total. The van der Waals surface area contributed by atoms with E-state index in [1.165, 1.54) is 0 Å². The van der Waals surface area contributed by atoms with Crippen LogP contribution >= 0.6 is 0 Å². The molecular formula is C17H30O4. The maximum atomic E-state index is 12.9. The van der Waals surface area contributed by atoms with Crippen LogP contribution in [0.4, 0.5) is 0 Å². The number of Topliss-reactive ketones (excluding diaryl/α,β-unsaturated/α-hetero) is 1. The van der Waals surface area contributed by atoms with Crippen LogP contribution in [0.5, 0.6) is 0 Å². The molecular weight excluding hydrogens is 268 g/mol. The molecule has 1 atom stereocenters. The summed E-state index contributed by atoms with van der Waals surface area (Å²) in [5, 5.41) is 0. The van der Waals surface area contributed by atoms with E-state index in [9.17, 15) is 9.59 Å². The van der Waals surface area contributed by atoms with Crippen molar-refractivity contribution in [3.05, 3.63) is 0 Å². The average molecular weight is 298 g/mol. The van der Waals surface area contributed by atoms with Crippen molar-refractivity contribution in [2.45, 2.75) is 72.3 Å². The monoisotopic (exact) mass is 298 g/mol. The van der Waals surface area contributed by atoms with Crippen LogP contribution in [0.2, 0.25) is 0 Å². The van der Waals surface area contributed by atoms with Crippen molar-refractivity contribution < 1.29 is 19.1 Å². The summed E-state index contributed by atoms with van der Waals surface area (Å²) in [5.41, 5.74) is -0.551. The van der Waals surface area contributed by atoms with Gasteiger partial charge in [0, 0.05) is 6.61 Å². The molecule has 1 aliphatic carbocycles. The fourth-order valence-corrected chi connectivity index (χ4v) is 3.09. The lowest BCUT2D eigenvalue weighted by Crippen LogP contribution is -2.50. The van der Waals surface area contributed by atoms with Crippen molar-refractivity contribution in [2.75, 3.05) is 13.2 Å². The second-order valence-electron chi connectivity index (χ2n) is 6.67. The maximum Gasteiger partial charge on any atom is 0.316 e. The highest BCUT2D eigenvalue weighted by atomic mass is 16.5. The summed E-state index contributed by atoms with van der Waals surface area (Å²) in [6, 6.07) is 0. The van der Waals surface area contributed by atoms with Gasteiger partial charge in [-0.3, -0.25) is 9.59 Å². The van der Waals surface area contributed by atoms with E-state index in [-0.39, 0.29) is 11.2 Å². The molecule has 21 heavy (non-hydrogen) atoms. The van der Waals surface area contributed by atoms with Gasteiger partial charge in [0.2, 0.25) is 0 Å². The van der Waals surface area contributed by atoms with Crippen molar-refractivity contribution in [1.29, 1.82) is 0 Å². The van der Waals surface area contributed by atoms with E-state index in [1.54, 1.807) is 6.92 Å². The predicted molar refractivity (Wildman–Crippen MR) is 82.0 cm³/mol. The minimum absolute atomic E-state index is 0.0826. The Balaban J connectivity index is 2.93. The lowest BCUT2D eigenvalue weighted by atomic mass is 9.67. The zero-order chi connectivity index (χ0) is 16.1. The largest absolute Gasteiger partial charge is 0.465 e. The summed E-state index contributed by atoms with van der Waals surface area (Å²) < 4.78 is 10.9. The Labute approximate surface area is 128 Å². The Morgan fingerprint density at radius 1 is 1.00 bits per heavy atom. The standard InChI is InChI=1S/C17H30O4/c1-6-13(15(19)20-7-2)14(18)17(21-8-3)11-9-16(4,5)10-12-17/h13H,6-12H2,1-5H3. The summed E-state index contributed by atoms with van der Waals surface area (Å²) in [6.07, 6.45) is 3.75. The van der Waals surface area contributed by atoms with Crippen LogP contribution in [0.25, 0.3) is 0 Å². The van der Waals surface area contributed by atoms with Gasteiger partial charge in [-0.1, -0.05) is 20.8 Å². The minimum atomic E-state index is -0.794. The van der Waals surface area contributed by atoms with Crippen LogP contribution in [0.1, 0.15) is 66.7 Å². The molecule has 0 N–H and O–H groups in total. The smallest absolute Gasteiger partial charge is 0.316 e. The Hall–Kier alpha value is -0.900. The van der Waals surface area contributed by atoms with Gasteiger partial charge in [0.05, 0.1) is 6.61 Å². The Kier molecular flexibility index (Phi) is 6.39. The first-order chi connectivity index (χ1) is 9.82. The molecule has 1 rings (SSSR count). The fourth-order valence-electron chi connectivity index (χ4n) is 3.09. The number of hydrogen-bond acceptors (Lipinski definition) is 4. The molecule has 1 saturated carbocycles. The van der Waals surface area contributed by atoms with E-state index in [2.05, 4.69) is 13.8 Å². The number of carbonyl (C=O) groups is 2. The third-order valence-corrected chi connectivity index (χ3v) is 4.58. The summed E-state index contributed by atoms with van der Waals surface area (Å²) in [6.45, 7) is 10.7. The Bertz CT molecular complexity index is 363. The normalized spacial score (nSPS) is 21.6. The number of ketones is 1. The number of hydrogen-bond donors (Lipinski definition) is 0. The molecule has 0 aromatic heterocycles. The van der Waals surface area contributed by atoms with E-state index in [1.807, 2.05) is 13.8 Å². The van der Waals surface area contributed by atoms with Crippen molar-refractivity contribution in [1.82, 2.24) is 0 Å². The quantitative estimate of drug-likeness (QED) is 0.533. The van der Waals surface area contributed by atoms with E-state index < -0.39 is 17.5 Å². The molecule has 0 amide bonds. The first-order valence-electron chi connectivity index (χ1n) is 8.16. The number of carbonyl (C=O) groups excluding carboxylic acids is 2. The van der Waals surface area contributed by atoms with Crippen LogP contribution in [0, 0.1) is 11.3 Å². The van der Waals surface area contributed by atoms with Crippen molar-refractivity contribution in [3.8, 4) is 0 Å². The van der Waals surface area contributed by atoms with E-state index in [4.69, 9.17) is 9.47 Å². The van der Waals surface area contributed by atoms with Gasteiger partial charge in [-0.25, -0.2) is 0 Å². The molecule has 0 heterocycles. The fraction of sp³-hybridized carbons (Fsp3) is 0.882. The van der Waals surface area contributed by atoms with Gasteiger partial charge in [-0.2, -0.15) is 0 Å². The number of rotatable bonds is 7. The van der Waals surface area contributed by atoms with Crippen molar-refractivity contribution in [3.63, 3.8) is 0 Å². The highest BCUT2D eigenvalue weighted by Crippen LogP contribution is 2.43. The van der Waals surface area contributed by atoms with Gasteiger partial charge < -0.3 is 9.47 Å². The molecule has 0 aliphatic heterocycles. The van der Waals surface area contributed by atoms with E-state index >= 15 is 0 Å². The zero-order valence-electron chi connectivity index (χ0n) is 14.2. The summed E-state index contributed by atoms with van der Waals surface area (Å²) in [5.74, 6) is -1.19. The molecule has 4 heteroatoms. The predicted octanol–water partition coefficient (Wildman–Crippen LogP) is 3.52. The van der Waals surface area contributed by atoms with Gasteiger partial charge in [0.15, 0.2) is 5.78 Å². The van der Waals surface area contributed by atoms with Gasteiger partial charge in [-0.15, -0.1) is 0 Å². The first kappa shape index (κ1) is 18.1. The summed E-state index contributed by atoms with van der Waals surface area (Å²) in [4.78, 5) is 25.0. The van der Waals surface area contributed by atoms with E-state index in [0.717, 1.165) is 12.8 Å². The maximum absolute atomic E-state index is 12.9. The molecule has 0 radical (unpaired) electrons. The molecule has 0 aromatic rings. The van der Waals surface area contributed by atoms with Gasteiger partial charge >= 0.3 is 5.97 Å². The van der Waals surface area contributed by atoms with E-state index in [0.29, 0.717) is 32.5 Å². The molecule has 122 valence electrons. The van der Waals surface area contributed by atoms with Crippen molar-refractivity contribution in [2.24, 2.45) is 11.3 Å². The lowest BCUT2D eigenvalue weighted by molar-refractivity contribution is -0.166. The highest BCUT2D eigenvalue weighted by molar-refractivity contribution is 6.03. The second kappa shape index (κ2) is 7.39. The van der Waals surface area contributed by atoms with Crippen LogP contribution in [0.15, 0.2) is 0 Å². The number of esters is 1. The minimum Gasteiger partial charge on any atom is -0.465 e. The van der Waals surface area contributed by atoms with Crippen LogP contribution < -0.4 is 0 Å². The SMILES string of the molecule is CCOC(=O)C(CC)C(=O)C1(OCC)CCC(C)(C)CC1. The molecule has 0 saturated heterocycles. The van der Waals surface area contributed by atoms with Gasteiger partial charge in [-0.05, 0) is 51.4 Å². The molecule has 0 aromatic carbocycles. The second-order valence-corrected chi connectivity index (χ2v) is 6.67. The Morgan fingerprint density at radius 3 is 2.00 bits per heavy atom. The molecule has 0 spiro atoms. The van der Waals surface area contributed by atoms with Gasteiger partial charge in [0.1, 0.15) is 11.5 Å². The molecule has 1 aliphatic rings. The first-order valence-corrected chi connectivity index (χ1v) is 8.16. The van der Waals surface area contributed by atoms with Crippen LogP contribution in [-0.2, 0) is 19.1 Å². The molecule has 0 bridgehead atoms. The molecule has 1 unspecified atom stereocenters. The average Bonchev–Trinajstić information content (AvgIpc) is 2.42. The van der Waals surface area contributed by atoms with Crippen LogP contribution in [0.3, 0.4) is 0 Å². The van der Waals surface area contributed by atoms with Crippen molar-refractivity contribution >= 4 is 11.8 Å². The summed E-state index contributed by atoms with van der Waals surface area (Å²) >= 11 is 0. The van der Waals surface area contributed by atoms with Gasteiger partial charge in [0.25, 0.3) is 0 Å². The summed E-state index contributed by atoms with van der Waals surface area (Å²) in [7, 11) is 0. The molecule has 1 fully saturated rings.